The van der Waals surface area contributed by atoms with Gasteiger partial charge in [-0.05, 0) is 58.1 Å². The maximum absolute atomic E-state index is 6.71. The number of furan rings is 1. The van der Waals surface area contributed by atoms with Crippen molar-refractivity contribution in [2.45, 2.75) is 20.8 Å². The number of fused-ring (bicyclic) bond motifs is 4. The molecule has 4 nitrogen and oxygen atoms in total. The first-order chi connectivity index (χ1) is 24.5. The molecular weight excluding hydrogens is 803 g/mol. The van der Waals surface area contributed by atoms with Crippen molar-refractivity contribution in [2.24, 2.45) is 0 Å². The zero-order valence-corrected chi connectivity index (χ0v) is 30.8. The van der Waals surface area contributed by atoms with Gasteiger partial charge in [0, 0.05) is 61.2 Å². The van der Waals surface area contributed by atoms with Gasteiger partial charge in [0.25, 0.3) is 0 Å². The van der Waals surface area contributed by atoms with Crippen LogP contribution in [-0.2, 0) is 20.1 Å². The monoisotopic (exact) mass is 836 g/mol. The van der Waals surface area contributed by atoms with Crippen LogP contribution in [0, 0.1) is 32.9 Å². The number of aryl methyl sites for hydroxylation is 3. The second-order valence-electron chi connectivity index (χ2n) is 12.5. The molecule has 0 atom stereocenters. The molecular formula is C46H33IrN3O-2. The molecule has 0 bridgehead atoms. The maximum atomic E-state index is 6.71. The summed E-state index contributed by atoms with van der Waals surface area (Å²) in [5.74, 6) is 0. The molecule has 4 aromatic heterocycles. The van der Waals surface area contributed by atoms with Crippen molar-refractivity contribution in [3.05, 3.63) is 175 Å². The van der Waals surface area contributed by atoms with Gasteiger partial charge in [0.15, 0.2) is 0 Å². The quantitative estimate of drug-likeness (QED) is 0.166. The third-order valence-electron chi connectivity index (χ3n) is 9.02. The van der Waals surface area contributed by atoms with E-state index in [1.165, 1.54) is 11.1 Å². The van der Waals surface area contributed by atoms with Gasteiger partial charge in [0.2, 0.25) is 0 Å². The van der Waals surface area contributed by atoms with Crippen molar-refractivity contribution in [3.63, 3.8) is 0 Å². The van der Waals surface area contributed by atoms with Crippen LogP contribution in [0.3, 0.4) is 0 Å². The Labute approximate surface area is 311 Å². The second-order valence-corrected chi connectivity index (χ2v) is 12.5. The number of benzene rings is 5. The average Bonchev–Trinajstić information content (AvgIpc) is 3.57. The molecule has 0 N–H and O–H groups in total. The van der Waals surface area contributed by atoms with Crippen molar-refractivity contribution in [2.75, 3.05) is 0 Å². The van der Waals surface area contributed by atoms with Crippen LogP contribution in [0.4, 0.5) is 0 Å². The molecule has 249 valence electrons. The Morgan fingerprint density at radius 2 is 1.39 bits per heavy atom. The van der Waals surface area contributed by atoms with Crippen molar-refractivity contribution >= 4 is 32.7 Å². The number of para-hydroxylation sites is 1. The number of hydrogen-bond acceptors (Lipinski definition) is 4. The summed E-state index contributed by atoms with van der Waals surface area (Å²) in [6, 6.07) is 48.1. The summed E-state index contributed by atoms with van der Waals surface area (Å²) in [5, 5.41) is 4.46. The minimum Gasteiger partial charge on any atom is -0.500 e. The first-order valence-electron chi connectivity index (χ1n) is 16.7. The SMILES string of the molecule is Cc1c[c-]c(-c2cc(-c3ccccc3)ccn2)c2oc3c(-c4cccc5ccncc45)cccc3c12.Cc1c[c-]c(-c2ccc(C)cn2)cc1.[Ir]. The van der Waals surface area contributed by atoms with Crippen LogP contribution in [0.5, 0.6) is 0 Å². The average molecular weight is 836 g/mol. The summed E-state index contributed by atoms with van der Waals surface area (Å²) in [6.45, 7) is 6.21. The van der Waals surface area contributed by atoms with Crippen LogP contribution >= 0.6 is 0 Å². The third kappa shape index (κ3) is 6.74. The Balaban J connectivity index is 0.000000228. The molecule has 9 aromatic rings. The van der Waals surface area contributed by atoms with Gasteiger partial charge in [-0.1, -0.05) is 110 Å². The largest absolute Gasteiger partial charge is 0.500 e. The van der Waals surface area contributed by atoms with E-state index >= 15 is 0 Å². The first kappa shape index (κ1) is 33.7. The van der Waals surface area contributed by atoms with Crippen molar-refractivity contribution in [1.29, 1.82) is 0 Å². The summed E-state index contributed by atoms with van der Waals surface area (Å²) in [6.07, 6.45) is 7.49. The van der Waals surface area contributed by atoms with Gasteiger partial charge in [0.1, 0.15) is 5.58 Å². The van der Waals surface area contributed by atoms with Gasteiger partial charge < -0.3 is 14.4 Å². The standard InChI is InChI=1S/C33H21N2O.C13H12N.Ir/c1-21-13-14-27(30-19-24(16-18-35-30)22-7-3-2-4-8-22)33-31(21)28-12-6-11-26(32(28)36-33)25-10-5-9-23-15-17-34-20-29(23)25;1-10-3-6-12(7-4-10)13-8-5-11(2)9-14-13;/h2-13,15-20H,1H3;3-6,8-9H,1-2H3;/q2*-1;. The number of pyridine rings is 3. The van der Waals surface area contributed by atoms with E-state index in [9.17, 15) is 0 Å². The van der Waals surface area contributed by atoms with Gasteiger partial charge in [0.05, 0.1) is 5.58 Å². The van der Waals surface area contributed by atoms with Crippen LogP contribution in [0.15, 0.2) is 151 Å². The van der Waals surface area contributed by atoms with E-state index < -0.39 is 0 Å². The Kier molecular flexibility index (Phi) is 9.67. The Bertz CT molecular complexity index is 2560. The van der Waals surface area contributed by atoms with Gasteiger partial charge in [-0.15, -0.1) is 53.1 Å². The second kappa shape index (κ2) is 14.6. The van der Waals surface area contributed by atoms with Crippen LogP contribution in [0.1, 0.15) is 16.7 Å². The molecule has 0 fully saturated rings. The van der Waals surface area contributed by atoms with Crippen LogP contribution < -0.4 is 0 Å². The molecule has 0 saturated carbocycles. The predicted octanol–water partition coefficient (Wildman–Crippen LogP) is 11.8. The van der Waals surface area contributed by atoms with Crippen molar-refractivity contribution < 1.29 is 24.5 Å². The minimum absolute atomic E-state index is 0. The number of aromatic nitrogens is 3. The maximum Gasteiger partial charge on any atom is 0.128 e. The molecule has 0 spiro atoms. The van der Waals surface area contributed by atoms with Crippen LogP contribution in [0.25, 0.3) is 77.5 Å². The molecule has 0 aliphatic heterocycles. The Hall–Kier alpha value is -5.74. The molecule has 9 rings (SSSR count). The van der Waals surface area contributed by atoms with E-state index in [2.05, 4.69) is 115 Å². The van der Waals surface area contributed by atoms with Crippen LogP contribution in [-0.4, -0.2) is 15.0 Å². The third-order valence-corrected chi connectivity index (χ3v) is 9.02. The molecule has 0 saturated heterocycles. The molecule has 0 aliphatic carbocycles. The summed E-state index contributed by atoms with van der Waals surface area (Å²) in [4.78, 5) is 13.4. The Morgan fingerprint density at radius 3 is 2.20 bits per heavy atom. The van der Waals surface area contributed by atoms with Gasteiger partial charge in [-0.25, -0.2) is 0 Å². The van der Waals surface area contributed by atoms with Gasteiger partial charge >= 0.3 is 0 Å². The van der Waals surface area contributed by atoms with Crippen molar-refractivity contribution in [1.82, 2.24) is 15.0 Å². The molecule has 5 heteroatoms. The van der Waals surface area contributed by atoms with E-state index in [-0.39, 0.29) is 20.1 Å². The molecule has 1 radical (unpaired) electrons. The molecule has 0 aliphatic rings. The molecule has 0 unspecified atom stereocenters. The summed E-state index contributed by atoms with van der Waals surface area (Å²) in [5.41, 5.74) is 13.4. The molecule has 4 heterocycles. The van der Waals surface area contributed by atoms with E-state index in [4.69, 9.17) is 9.40 Å². The zero-order valence-electron chi connectivity index (χ0n) is 28.4. The van der Waals surface area contributed by atoms with Crippen LogP contribution in [0.2, 0.25) is 0 Å². The number of rotatable bonds is 4. The number of nitrogens with zero attached hydrogens (tertiary/aromatic N) is 3. The molecule has 0 amide bonds. The predicted molar refractivity (Wildman–Crippen MR) is 205 cm³/mol. The first-order valence-corrected chi connectivity index (χ1v) is 16.7. The van der Waals surface area contributed by atoms with Crippen molar-refractivity contribution in [3.8, 4) is 44.8 Å². The summed E-state index contributed by atoms with van der Waals surface area (Å²) < 4.78 is 6.71. The van der Waals surface area contributed by atoms with Gasteiger partial charge in [-0.3, -0.25) is 4.98 Å². The Morgan fingerprint density at radius 1 is 0.569 bits per heavy atom. The van der Waals surface area contributed by atoms with E-state index in [1.807, 2.05) is 74.2 Å². The summed E-state index contributed by atoms with van der Waals surface area (Å²) >= 11 is 0. The fraction of sp³-hybridized carbons (Fsp3) is 0.0652. The molecule has 51 heavy (non-hydrogen) atoms. The van der Waals surface area contributed by atoms with E-state index in [0.29, 0.717) is 0 Å². The topological polar surface area (TPSA) is 51.8 Å². The normalized spacial score (nSPS) is 10.9. The van der Waals surface area contributed by atoms with E-state index in [0.717, 1.165) is 83.0 Å². The fourth-order valence-electron chi connectivity index (χ4n) is 6.42. The fourth-order valence-corrected chi connectivity index (χ4v) is 6.42. The van der Waals surface area contributed by atoms with Gasteiger partial charge in [-0.2, -0.15) is 0 Å². The van der Waals surface area contributed by atoms with E-state index in [1.54, 1.807) is 0 Å². The molecule has 5 aromatic carbocycles. The zero-order chi connectivity index (χ0) is 34.0. The smallest absolute Gasteiger partial charge is 0.128 e. The number of hydrogen-bond donors (Lipinski definition) is 0. The minimum atomic E-state index is 0. The summed E-state index contributed by atoms with van der Waals surface area (Å²) in [7, 11) is 0.